The number of benzene rings is 1. The second-order valence-corrected chi connectivity index (χ2v) is 7.60. The number of hydrogen-bond acceptors (Lipinski definition) is 7. The molecule has 2 aromatic heterocycles. The lowest BCUT2D eigenvalue weighted by Crippen LogP contribution is -2.32. The van der Waals surface area contributed by atoms with E-state index in [4.69, 9.17) is 10.2 Å². The standard InChI is InChI=1S/C17H18N6O4S/c1-23(5-4-20-17(24)25)16-10-21-14-3-2-11(7-15(14)22-16)12-6-13(9-19-8-12)28(18,26)27/h2-3,6-10,20H,4-5H2,1H3,(H,24,25)(H2,18,26,27). The first kappa shape index (κ1) is 19.5. The van der Waals surface area contributed by atoms with Gasteiger partial charge in [-0.15, -0.1) is 0 Å². The van der Waals surface area contributed by atoms with Crippen molar-refractivity contribution in [2.45, 2.75) is 4.90 Å². The number of nitrogens with two attached hydrogens (primary N) is 1. The lowest BCUT2D eigenvalue weighted by Gasteiger charge is -2.18. The van der Waals surface area contributed by atoms with Gasteiger partial charge in [0.05, 0.1) is 17.2 Å². The predicted molar refractivity (Wildman–Crippen MR) is 103 cm³/mol. The fourth-order valence-corrected chi connectivity index (χ4v) is 3.04. The second-order valence-electron chi connectivity index (χ2n) is 6.04. The smallest absolute Gasteiger partial charge is 0.404 e. The van der Waals surface area contributed by atoms with E-state index in [9.17, 15) is 13.2 Å². The van der Waals surface area contributed by atoms with Crippen LogP contribution >= 0.6 is 0 Å². The van der Waals surface area contributed by atoms with Crippen LogP contribution < -0.4 is 15.4 Å². The minimum absolute atomic E-state index is 0.0735. The zero-order valence-corrected chi connectivity index (χ0v) is 15.7. The normalized spacial score (nSPS) is 11.4. The number of amides is 1. The van der Waals surface area contributed by atoms with Crippen molar-refractivity contribution in [3.63, 3.8) is 0 Å². The van der Waals surface area contributed by atoms with Gasteiger partial charge in [-0.05, 0) is 23.8 Å². The molecular formula is C17H18N6O4S. The van der Waals surface area contributed by atoms with E-state index < -0.39 is 16.1 Å². The van der Waals surface area contributed by atoms with Crippen LogP contribution in [0.4, 0.5) is 10.6 Å². The van der Waals surface area contributed by atoms with E-state index in [0.29, 0.717) is 34.5 Å². The lowest BCUT2D eigenvalue weighted by atomic mass is 10.1. The van der Waals surface area contributed by atoms with Gasteiger partial charge in [0.25, 0.3) is 0 Å². The zero-order chi connectivity index (χ0) is 20.3. The third-order valence-electron chi connectivity index (χ3n) is 4.02. The average molecular weight is 402 g/mol. The largest absolute Gasteiger partial charge is 0.465 e. The molecule has 3 aromatic rings. The number of pyridine rings is 1. The molecule has 146 valence electrons. The molecule has 0 aliphatic heterocycles. The maximum absolute atomic E-state index is 11.5. The number of nitrogens with one attached hydrogen (secondary N) is 1. The first-order chi connectivity index (χ1) is 13.2. The second kappa shape index (κ2) is 7.74. The SMILES string of the molecule is CN(CCNC(=O)O)c1cnc2ccc(-c3cncc(S(N)(=O)=O)c3)cc2n1. The van der Waals surface area contributed by atoms with Crippen LogP contribution in [0.1, 0.15) is 0 Å². The monoisotopic (exact) mass is 402 g/mol. The molecule has 0 radical (unpaired) electrons. The molecule has 0 aliphatic rings. The van der Waals surface area contributed by atoms with Gasteiger partial charge in [0, 0.05) is 38.1 Å². The zero-order valence-electron chi connectivity index (χ0n) is 14.9. The van der Waals surface area contributed by atoms with Crippen molar-refractivity contribution >= 4 is 33.0 Å². The Kier molecular flexibility index (Phi) is 5.38. The molecule has 0 unspecified atom stereocenters. The molecule has 4 N–H and O–H groups in total. The Morgan fingerprint density at radius 3 is 2.68 bits per heavy atom. The number of nitrogens with zero attached hydrogens (tertiary/aromatic N) is 4. The van der Waals surface area contributed by atoms with E-state index in [0.717, 1.165) is 0 Å². The number of carboxylic acid groups (broad SMARTS) is 1. The van der Waals surface area contributed by atoms with Crippen molar-refractivity contribution in [2.24, 2.45) is 5.14 Å². The summed E-state index contributed by atoms with van der Waals surface area (Å²) in [6, 6.07) is 6.79. The number of primary sulfonamides is 1. The van der Waals surface area contributed by atoms with Crippen molar-refractivity contribution < 1.29 is 18.3 Å². The molecule has 11 heteroatoms. The summed E-state index contributed by atoms with van der Waals surface area (Å²) >= 11 is 0. The molecule has 0 atom stereocenters. The van der Waals surface area contributed by atoms with Gasteiger partial charge in [0.15, 0.2) is 0 Å². The van der Waals surface area contributed by atoms with E-state index in [2.05, 4.69) is 20.3 Å². The Labute approximate surface area is 161 Å². The van der Waals surface area contributed by atoms with Gasteiger partial charge in [0.1, 0.15) is 10.7 Å². The Morgan fingerprint density at radius 1 is 1.18 bits per heavy atom. The molecule has 1 aromatic carbocycles. The fraction of sp³-hybridized carbons (Fsp3) is 0.176. The van der Waals surface area contributed by atoms with Crippen molar-refractivity contribution in [3.05, 3.63) is 42.9 Å². The van der Waals surface area contributed by atoms with Crippen molar-refractivity contribution in [3.8, 4) is 11.1 Å². The summed E-state index contributed by atoms with van der Waals surface area (Å²) in [5.74, 6) is 0.577. The maximum atomic E-state index is 11.5. The van der Waals surface area contributed by atoms with Crippen LogP contribution in [0.5, 0.6) is 0 Å². The van der Waals surface area contributed by atoms with E-state index in [1.54, 1.807) is 36.3 Å². The molecule has 0 saturated heterocycles. The first-order valence-corrected chi connectivity index (χ1v) is 9.71. The number of hydrogen-bond donors (Lipinski definition) is 3. The van der Waals surface area contributed by atoms with Crippen molar-refractivity contribution in [2.75, 3.05) is 25.0 Å². The number of aromatic nitrogens is 3. The van der Waals surface area contributed by atoms with Crippen LogP contribution in [0.3, 0.4) is 0 Å². The molecule has 10 nitrogen and oxygen atoms in total. The molecule has 28 heavy (non-hydrogen) atoms. The third kappa shape index (κ3) is 4.50. The Balaban J connectivity index is 1.91. The summed E-state index contributed by atoms with van der Waals surface area (Å²) in [7, 11) is -2.07. The summed E-state index contributed by atoms with van der Waals surface area (Å²) in [6.45, 7) is 0.671. The molecule has 0 fully saturated rings. The van der Waals surface area contributed by atoms with E-state index in [1.165, 1.54) is 18.5 Å². The third-order valence-corrected chi connectivity index (χ3v) is 4.90. The minimum atomic E-state index is -3.85. The molecule has 2 heterocycles. The predicted octanol–water partition coefficient (Wildman–Crippen LogP) is 1.04. The van der Waals surface area contributed by atoms with Crippen LogP contribution in [-0.2, 0) is 10.0 Å². The van der Waals surface area contributed by atoms with Gasteiger partial charge >= 0.3 is 6.09 Å². The topological polar surface area (TPSA) is 151 Å². The number of anilines is 1. The van der Waals surface area contributed by atoms with Crippen LogP contribution in [-0.4, -0.2) is 54.7 Å². The van der Waals surface area contributed by atoms with Gasteiger partial charge in [-0.2, -0.15) is 0 Å². The van der Waals surface area contributed by atoms with Gasteiger partial charge in [-0.3, -0.25) is 9.97 Å². The Morgan fingerprint density at radius 2 is 1.96 bits per heavy atom. The van der Waals surface area contributed by atoms with Crippen LogP contribution in [0.2, 0.25) is 0 Å². The molecular weight excluding hydrogens is 384 g/mol. The van der Waals surface area contributed by atoms with Gasteiger partial charge in [0.2, 0.25) is 10.0 Å². The highest BCUT2D eigenvalue weighted by molar-refractivity contribution is 7.89. The summed E-state index contributed by atoms with van der Waals surface area (Å²) in [5.41, 5.74) is 2.57. The van der Waals surface area contributed by atoms with E-state index in [1.807, 2.05) is 0 Å². The fourth-order valence-electron chi connectivity index (χ4n) is 2.54. The molecule has 0 aliphatic carbocycles. The number of fused-ring (bicyclic) bond motifs is 1. The van der Waals surface area contributed by atoms with E-state index >= 15 is 0 Å². The van der Waals surface area contributed by atoms with Crippen LogP contribution in [0, 0.1) is 0 Å². The highest BCUT2D eigenvalue weighted by atomic mass is 32.2. The van der Waals surface area contributed by atoms with Gasteiger partial charge in [-0.1, -0.05) is 6.07 Å². The number of carbonyl (C=O) groups is 1. The summed E-state index contributed by atoms with van der Waals surface area (Å²) < 4.78 is 23.1. The number of sulfonamides is 1. The van der Waals surface area contributed by atoms with Crippen molar-refractivity contribution in [1.29, 1.82) is 0 Å². The summed E-state index contributed by atoms with van der Waals surface area (Å²) in [6.07, 6.45) is 3.25. The molecule has 0 saturated carbocycles. The number of rotatable bonds is 6. The molecule has 0 spiro atoms. The van der Waals surface area contributed by atoms with Crippen molar-refractivity contribution in [1.82, 2.24) is 20.3 Å². The highest BCUT2D eigenvalue weighted by Gasteiger charge is 2.11. The molecule has 1 amide bonds. The quantitative estimate of drug-likeness (QED) is 0.553. The maximum Gasteiger partial charge on any atom is 0.404 e. The summed E-state index contributed by atoms with van der Waals surface area (Å²) in [4.78, 5) is 25.1. The molecule has 0 bridgehead atoms. The average Bonchev–Trinajstić information content (AvgIpc) is 2.66. The van der Waals surface area contributed by atoms with Gasteiger partial charge < -0.3 is 15.3 Å². The lowest BCUT2D eigenvalue weighted by molar-refractivity contribution is 0.195. The molecule has 3 rings (SSSR count). The van der Waals surface area contributed by atoms with Crippen LogP contribution in [0.25, 0.3) is 22.2 Å². The minimum Gasteiger partial charge on any atom is -0.465 e. The summed E-state index contributed by atoms with van der Waals surface area (Å²) in [5, 5.41) is 16.1. The number of likely N-dealkylation sites (N-methyl/N-ethyl adjacent to an activating group) is 1. The Hall–Kier alpha value is -3.31. The first-order valence-electron chi connectivity index (χ1n) is 8.17. The highest BCUT2D eigenvalue weighted by Crippen LogP contribution is 2.25. The van der Waals surface area contributed by atoms with Gasteiger partial charge in [-0.25, -0.2) is 23.3 Å². The van der Waals surface area contributed by atoms with E-state index in [-0.39, 0.29) is 11.4 Å². The Bertz CT molecular complexity index is 1140. The van der Waals surface area contributed by atoms with Crippen LogP contribution in [0.15, 0.2) is 47.8 Å².